The van der Waals surface area contributed by atoms with Gasteiger partial charge in [-0.1, -0.05) is 29.3 Å². The van der Waals surface area contributed by atoms with E-state index in [0.29, 0.717) is 21.4 Å². The van der Waals surface area contributed by atoms with Crippen LogP contribution in [0.25, 0.3) is 0 Å². The number of rotatable bonds is 5. The maximum absolute atomic E-state index is 12.0. The molecule has 2 aromatic carbocycles. The molecule has 23 heavy (non-hydrogen) atoms. The van der Waals surface area contributed by atoms with Crippen LogP contribution < -0.4 is 10.1 Å². The molecule has 0 aliphatic carbocycles. The standard InChI is InChI=1S/C16H15Cl2NO4/c1-9(23-15-5-3-11(17)7-12(15)18)16(22)19-8-10-2-4-13(20)14(21)6-10/h2-7,9,20-21H,8H2,1H3,(H,19,22). The molecule has 2 rings (SSSR count). The molecule has 0 saturated carbocycles. The van der Waals surface area contributed by atoms with Crippen molar-refractivity contribution in [3.8, 4) is 17.2 Å². The number of halogens is 2. The number of phenols is 2. The zero-order valence-electron chi connectivity index (χ0n) is 12.2. The number of carbonyl (C=O) groups is 1. The molecule has 0 fully saturated rings. The van der Waals surface area contributed by atoms with Gasteiger partial charge in [0.05, 0.1) is 5.02 Å². The quantitative estimate of drug-likeness (QED) is 0.717. The minimum atomic E-state index is -0.764. The fourth-order valence-corrected chi connectivity index (χ4v) is 2.28. The van der Waals surface area contributed by atoms with Crippen molar-refractivity contribution in [3.63, 3.8) is 0 Å². The van der Waals surface area contributed by atoms with Crippen molar-refractivity contribution in [1.29, 1.82) is 0 Å². The van der Waals surface area contributed by atoms with Gasteiger partial charge < -0.3 is 20.3 Å². The Labute approximate surface area is 143 Å². The van der Waals surface area contributed by atoms with Gasteiger partial charge in [-0.25, -0.2) is 0 Å². The number of amides is 1. The Balaban J connectivity index is 1.93. The van der Waals surface area contributed by atoms with Gasteiger partial charge >= 0.3 is 0 Å². The Kier molecular flexibility index (Phi) is 5.58. The lowest BCUT2D eigenvalue weighted by molar-refractivity contribution is -0.127. The van der Waals surface area contributed by atoms with Crippen LogP contribution in [0.15, 0.2) is 36.4 Å². The lowest BCUT2D eigenvalue weighted by atomic mass is 10.2. The predicted molar refractivity (Wildman–Crippen MR) is 88.2 cm³/mol. The van der Waals surface area contributed by atoms with Crippen LogP contribution in [-0.2, 0) is 11.3 Å². The first kappa shape index (κ1) is 17.2. The number of benzene rings is 2. The molecule has 122 valence electrons. The molecule has 5 nitrogen and oxygen atoms in total. The third-order valence-electron chi connectivity index (χ3n) is 3.07. The summed E-state index contributed by atoms with van der Waals surface area (Å²) in [5.74, 6) is -0.437. The van der Waals surface area contributed by atoms with Crippen LogP contribution in [0, 0.1) is 0 Å². The first-order valence-electron chi connectivity index (χ1n) is 6.77. The highest BCUT2D eigenvalue weighted by atomic mass is 35.5. The van der Waals surface area contributed by atoms with Gasteiger partial charge in [0.1, 0.15) is 5.75 Å². The predicted octanol–water partition coefficient (Wildman–Crippen LogP) is 3.49. The number of phenolic OH excluding ortho intramolecular Hbond substituents is 2. The van der Waals surface area contributed by atoms with Crippen LogP contribution in [-0.4, -0.2) is 22.2 Å². The molecule has 0 bridgehead atoms. The fraction of sp³-hybridized carbons (Fsp3) is 0.188. The van der Waals surface area contributed by atoms with E-state index in [0.717, 1.165) is 0 Å². The van der Waals surface area contributed by atoms with E-state index < -0.39 is 6.10 Å². The number of hydrogen-bond donors (Lipinski definition) is 3. The second kappa shape index (κ2) is 7.44. The smallest absolute Gasteiger partial charge is 0.261 e. The van der Waals surface area contributed by atoms with E-state index in [9.17, 15) is 15.0 Å². The van der Waals surface area contributed by atoms with Crippen molar-refractivity contribution in [2.75, 3.05) is 0 Å². The average Bonchev–Trinajstić information content (AvgIpc) is 2.50. The van der Waals surface area contributed by atoms with E-state index >= 15 is 0 Å². The highest BCUT2D eigenvalue weighted by Crippen LogP contribution is 2.28. The highest BCUT2D eigenvalue weighted by molar-refractivity contribution is 6.35. The lowest BCUT2D eigenvalue weighted by Crippen LogP contribution is -2.35. The van der Waals surface area contributed by atoms with Crippen LogP contribution >= 0.6 is 23.2 Å². The molecule has 3 N–H and O–H groups in total. The molecule has 0 spiro atoms. The first-order valence-corrected chi connectivity index (χ1v) is 7.52. The van der Waals surface area contributed by atoms with Gasteiger partial charge in [-0.05, 0) is 42.8 Å². The molecule has 0 aromatic heterocycles. The van der Waals surface area contributed by atoms with Crippen molar-refractivity contribution < 1.29 is 19.7 Å². The van der Waals surface area contributed by atoms with Crippen LogP contribution in [0.5, 0.6) is 17.2 Å². The number of ether oxygens (including phenoxy) is 1. The Bertz CT molecular complexity index is 721. The second-order valence-corrected chi connectivity index (χ2v) is 5.72. The van der Waals surface area contributed by atoms with Crippen LogP contribution in [0.2, 0.25) is 10.0 Å². The Morgan fingerprint density at radius 1 is 1.17 bits per heavy atom. The summed E-state index contributed by atoms with van der Waals surface area (Å²) in [5.41, 5.74) is 0.644. The number of hydrogen-bond acceptors (Lipinski definition) is 4. The van der Waals surface area contributed by atoms with Crippen LogP contribution in [0.3, 0.4) is 0 Å². The van der Waals surface area contributed by atoms with Crippen molar-refractivity contribution in [1.82, 2.24) is 5.32 Å². The third kappa shape index (κ3) is 4.68. The van der Waals surface area contributed by atoms with Crippen LogP contribution in [0.4, 0.5) is 0 Å². The molecule has 0 heterocycles. The lowest BCUT2D eigenvalue weighted by Gasteiger charge is -2.16. The summed E-state index contributed by atoms with van der Waals surface area (Å²) in [7, 11) is 0. The number of aromatic hydroxyl groups is 2. The monoisotopic (exact) mass is 355 g/mol. The summed E-state index contributed by atoms with van der Waals surface area (Å²) in [6.45, 7) is 1.78. The first-order chi connectivity index (χ1) is 10.9. The summed E-state index contributed by atoms with van der Waals surface area (Å²) in [6, 6.07) is 9.06. The van der Waals surface area contributed by atoms with Crippen molar-refractivity contribution >= 4 is 29.1 Å². The van der Waals surface area contributed by atoms with E-state index in [1.807, 2.05) is 0 Å². The Hall–Kier alpha value is -2.11. The molecule has 0 radical (unpaired) electrons. The van der Waals surface area contributed by atoms with Crippen molar-refractivity contribution in [2.45, 2.75) is 19.6 Å². The molecule has 1 amide bonds. The molecule has 1 unspecified atom stereocenters. The van der Waals surface area contributed by atoms with Gasteiger partial charge in [0, 0.05) is 11.6 Å². The Morgan fingerprint density at radius 2 is 1.91 bits per heavy atom. The topological polar surface area (TPSA) is 78.8 Å². The van der Waals surface area contributed by atoms with Gasteiger partial charge in [-0.15, -0.1) is 0 Å². The van der Waals surface area contributed by atoms with Gasteiger partial charge in [0.25, 0.3) is 5.91 Å². The molecule has 1 atom stereocenters. The maximum atomic E-state index is 12.0. The largest absolute Gasteiger partial charge is 0.504 e. The summed E-state index contributed by atoms with van der Waals surface area (Å²) in [5, 5.41) is 22.1. The second-order valence-electron chi connectivity index (χ2n) is 4.88. The maximum Gasteiger partial charge on any atom is 0.261 e. The molecule has 2 aromatic rings. The third-order valence-corrected chi connectivity index (χ3v) is 3.60. The number of nitrogens with one attached hydrogen (secondary N) is 1. The van der Waals surface area contributed by atoms with Crippen LogP contribution in [0.1, 0.15) is 12.5 Å². The van der Waals surface area contributed by atoms with Gasteiger partial charge in [0.2, 0.25) is 0 Å². The summed E-state index contributed by atoms with van der Waals surface area (Å²) < 4.78 is 5.50. The number of carbonyl (C=O) groups excluding carboxylic acids is 1. The zero-order chi connectivity index (χ0) is 17.0. The van der Waals surface area contributed by atoms with Gasteiger partial charge in [0.15, 0.2) is 17.6 Å². The van der Waals surface area contributed by atoms with E-state index in [2.05, 4.69) is 5.32 Å². The minimum Gasteiger partial charge on any atom is -0.504 e. The SMILES string of the molecule is CC(Oc1ccc(Cl)cc1Cl)C(=O)NCc1ccc(O)c(O)c1. The van der Waals surface area contributed by atoms with E-state index in [1.165, 1.54) is 18.2 Å². The summed E-state index contributed by atoms with van der Waals surface area (Å²) in [4.78, 5) is 12.0. The zero-order valence-corrected chi connectivity index (χ0v) is 13.7. The summed E-state index contributed by atoms with van der Waals surface area (Å²) >= 11 is 11.8. The minimum absolute atomic E-state index is 0.189. The molecule has 0 saturated heterocycles. The molecule has 0 aliphatic rings. The van der Waals surface area contributed by atoms with Crippen molar-refractivity contribution in [2.24, 2.45) is 0 Å². The van der Waals surface area contributed by atoms with Gasteiger partial charge in [-0.3, -0.25) is 4.79 Å². The molecule has 0 aliphatic heterocycles. The highest BCUT2D eigenvalue weighted by Gasteiger charge is 2.16. The summed E-state index contributed by atoms with van der Waals surface area (Å²) in [6.07, 6.45) is -0.764. The molecular weight excluding hydrogens is 341 g/mol. The Morgan fingerprint density at radius 3 is 2.57 bits per heavy atom. The fourth-order valence-electron chi connectivity index (χ4n) is 1.83. The average molecular weight is 356 g/mol. The van der Waals surface area contributed by atoms with E-state index in [-0.39, 0.29) is 24.0 Å². The normalized spacial score (nSPS) is 11.8. The van der Waals surface area contributed by atoms with Crippen molar-refractivity contribution in [3.05, 3.63) is 52.0 Å². The van der Waals surface area contributed by atoms with E-state index in [1.54, 1.807) is 25.1 Å². The van der Waals surface area contributed by atoms with Gasteiger partial charge in [-0.2, -0.15) is 0 Å². The molecular formula is C16H15Cl2NO4. The molecule has 7 heteroatoms. The van der Waals surface area contributed by atoms with E-state index in [4.69, 9.17) is 27.9 Å².